The molecule has 0 saturated heterocycles. The number of hydrogen-bond acceptors (Lipinski definition) is 3. The smallest absolute Gasteiger partial charge is 0.255 e. The number of aliphatic hydroxyl groups is 1. The van der Waals surface area contributed by atoms with Gasteiger partial charge in [-0.25, -0.2) is 0 Å². The lowest BCUT2D eigenvalue weighted by molar-refractivity contribution is 0.0140. The van der Waals surface area contributed by atoms with Crippen molar-refractivity contribution in [1.29, 1.82) is 0 Å². The predicted octanol–water partition coefficient (Wildman–Crippen LogP) is 3.11. The number of amides is 1. The second-order valence-corrected chi connectivity index (χ2v) is 7.52. The fraction of sp³-hybridized carbons (Fsp3) is 0.562. The summed E-state index contributed by atoms with van der Waals surface area (Å²) in [6.07, 6.45) is 1.56. The Balaban J connectivity index is 2.20. The van der Waals surface area contributed by atoms with Crippen molar-refractivity contribution in [3.8, 4) is 5.75 Å². The summed E-state index contributed by atoms with van der Waals surface area (Å²) >= 11 is 5.88. The highest BCUT2D eigenvalue weighted by atomic mass is 35.5. The summed E-state index contributed by atoms with van der Waals surface area (Å²) in [5, 5.41) is 23.2. The van der Waals surface area contributed by atoms with Crippen LogP contribution in [-0.2, 0) is 0 Å². The zero-order valence-corrected chi connectivity index (χ0v) is 13.4. The molecular formula is C16H22ClNO3. The minimum absolute atomic E-state index is 0.0456. The molecule has 0 heterocycles. The van der Waals surface area contributed by atoms with Gasteiger partial charge >= 0.3 is 0 Å². The molecule has 0 bridgehead atoms. The van der Waals surface area contributed by atoms with Crippen LogP contribution in [0.2, 0.25) is 5.02 Å². The van der Waals surface area contributed by atoms with Gasteiger partial charge in [0, 0.05) is 10.6 Å². The van der Waals surface area contributed by atoms with Gasteiger partial charge in [-0.2, -0.15) is 0 Å². The normalized spacial score (nSPS) is 28.1. The predicted molar refractivity (Wildman–Crippen MR) is 82.6 cm³/mol. The van der Waals surface area contributed by atoms with E-state index in [1.165, 1.54) is 18.2 Å². The number of hydrogen-bond donors (Lipinski definition) is 3. The average molecular weight is 312 g/mol. The molecular weight excluding hydrogens is 290 g/mol. The van der Waals surface area contributed by atoms with Crippen molar-refractivity contribution in [2.45, 2.75) is 51.7 Å². The van der Waals surface area contributed by atoms with E-state index in [4.69, 9.17) is 11.6 Å². The number of aliphatic hydroxyl groups excluding tert-OH is 1. The molecule has 21 heavy (non-hydrogen) atoms. The van der Waals surface area contributed by atoms with Crippen LogP contribution in [0.1, 0.15) is 50.4 Å². The van der Waals surface area contributed by atoms with E-state index >= 15 is 0 Å². The van der Waals surface area contributed by atoms with Gasteiger partial charge < -0.3 is 15.5 Å². The SMILES string of the molecule is CC1(C)C[C@H](O)C[C@](C)(NC(=O)c2cc(Cl)ccc2O)C1. The lowest BCUT2D eigenvalue weighted by atomic mass is 9.67. The Morgan fingerprint density at radius 1 is 1.33 bits per heavy atom. The molecule has 2 rings (SSSR count). The highest BCUT2D eigenvalue weighted by molar-refractivity contribution is 6.31. The molecule has 0 radical (unpaired) electrons. The number of halogens is 1. The Hall–Kier alpha value is -1.26. The number of benzene rings is 1. The Morgan fingerprint density at radius 2 is 2.00 bits per heavy atom. The number of phenolic OH excluding ortho intramolecular Hbond substituents is 1. The molecule has 116 valence electrons. The van der Waals surface area contributed by atoms with E-state index in [9.17, 15) is 15.0 Å². The van der Waals surface area contributed by atoms with E-state index < -0.39 is 11.6 Å². The first-order chi connectivity index (χ1) is 9.60. The molecule has 0 unspecified atom stereocenters. The lowest BCUT2D eigenvalue weighted by Gasteiger charge is -2.45. The Morgan fingerprint density at radius 3 is 2.62 bits per heavy atom. The maximum absolute atomic E-state index is 12.4. The molecule has 0 aromatic heterocycles. The minimum atomic E-state index is -0.507. The van der Waals surface area contributed by atoms with Gasteiger partial charge in [-0.3, -0.25) is 4.79 Å². The van der Waals surface area contributed by atoms with Crippen LogP contribution in [0.15, 0.2) is 18.2 Å². The molecule has 1 aromatic rings. The van der Waals surface area contributed by atoms with Gasteiger partial charge in [-0.05, 0) is 49.8 Å². The molecule has 3 N–H and O–H groups in total. The van der Waals surface area contributed by atoms with E-state index in [0.717, 1.165) is 12.8 Å². The first-order valence-corrected chi connectivity index (χ1v) is 7.47. The molecule has 1 saturated carbocycles. The Labute approximate surface area is 130 Å². The second-order valence-electron chi connectivity index (χ2n) is 7.08. The van der Waals surface area contributed by atoms with Crippen LogP contribution in [0.25, 0.3) is 0 Å². The molecule has 5 heteroatoms. The molecule has 1 aliphatic carbocycles. The molecule has 0 spiro atoms. The van der Waals surface area contributed by atoms with E-state index in [1.807, 2.05) is 6.92 Å². The number of phenols is 1. The van der Waals surface area contributed by atoms with Crippen molar-refractivity contribution in [3.05, 3.63) is 28.8 Å². The van der Waals surface area contributed by atoms with Crippen LogP contribution in [-0.4, -0.2) is 27.8 Å². The van der Waals surface area contributed by atoms with Crippen molar-refractivity contribution >= 4 is 17.5 Å². The highest BCUT2D eigenvalue weighted by Gasteiger charge is 2.41. The summed E-state index contributed by atoms with van der Waals surface area (Å²) in [5.41, 5.74) is -0.398. The van der Waals surface area contributed by atoms with Gasteiger partial charge in [-0.1, -0.05) is 25.4 Å². The van der Waals surface area contributed by atoms with Crippen LogP contribution < -0.4 is 5.32 Å². The maximum Gasteiger partial charge on any atom is 0.255 e. The summed E-state index contributed by atoms with van der Waals surface area (Å²) in [6, 6.07) is 4.38. The summed E-state index contributed by atoms with van der Waals surface area (Å²) < 4.78 is 0. The van der Waals surface area contributed by atoms with Crippen molar-refractivity contribution < 1.29 is 15.0 Å². The Kier molecular flexibility index (Phi) is 4.22. The number of aromatic hydroxyl groups is 1. The van der Waals surface area contributed by atoms with Crippen molar-refractivity contribution in [3.63, 3.8) is 0 Å². The van der Waals surface area contributed by atoms with Gasteiger partial charge in [0.15, 0.2) is 0 Å². The minimum Gasteiger partial charge on any atom is -0.507 e. The largest absolute Gasteiger partial charge is 0.507 e. The third-order valence-electron chi connectivity index (χ3n) is 3.96. The number of nitrogens with one attached hydrogen (secondary N) is 1. The van der Waals surface area contributed by atoms with Gasteiger partial charge in [-0.15, -0.1) is 0 Å². The quantitative estimate of drug-likeness (QED) is 0.786. The van der Waals surface area contributed by atoms with Crippen LogP contribution >= 0.6 is 11.6 Å². The molecule has 1 aromatic carbocycles. The first-order valence-electron chi connectivity index (χ1n) is 7.09. The fourth-order valence-electron chi connectivity index (χ4n) is 3.56. The highest BCUT2D eigenvalue weighted by Crippen LogP contribution is 2.41. The maximum atomic E-state index is 12.4. The summed E-state index contributed by atoms with van der Waals surface area (Å²) in [6.45, 7) is 6.09. The summed E-state index contributed by atoms with van der Waals surface area (Å²) in [4.78, 5) is 12.4. The van der Waals surface area contributed by atoms with E-state index in [0.29, 0.717) is 11.4 Å². The lowest BCUT2D eigenvalue weighted by Crippen LogP contribution is -2.54. The molecule has 4 nitrogen and oxygen atoms in total. The van der Waals surface area contributed by atoms with Gasteiger partial charge in [0.25, 0.3) is 5.91 Å². The third kappa shape index (κ3) is 3.89. The van der Waals surface area contributed by atoms with Gasteiger partial charge in [0.1, 0.15) is 5.75 Å². The van der Waals surface area contributed by atoms with Crippen LogP contribution in [0.3, 0.4) is 0 Å². The molecule has 2 atom stereocenters. The third-order valence-corrected chi connectivity index (χ3v) is 4.20. The van der Waals surface area contributed by atoms with Crippen LogP contribution in [0.4, 0.5) is 0 Å². The number of carbonyl (C=O) groups excluding carboxylic acids is 1. The van der Waals surface area contributed by atoms with Crippen LogP contribution in [0.5, 0.6) is 5.75 Å². The number of rotatable bonds is 2. The monoisotopic (exact) mass is 311 g/mol. The van der Waals surface area contributed by atoms with E-state index in [-0.39, 0.29) is 22.6 Å². The topological polar surface area (TPSA) is 69.6 Å². The first kappa shape index (κ1) is 16.1. The van der Waals surface area contributed by atoms with E-state index in [2.05, 4.69) is 19.2 Å². The average Bonchev–Trinajstić information content (AvgIpc) is 2.28. The van der Waals surface area contributed by atoms with Crippen molar-refractivity contribution in [2.75, 3.05) is 0 Å². The van der Waals surface area contributed by atoms with Gasteiger partial charge in [0.05, 0.1) is 11.7 Å². The van der Waals surface area contributed by atoms with E-state index in [1.54, 1.807) is 0 Å². The van der Waals surface area contributed by atoms with Crippen LogP contribution in [0, 0.1) is 5.41 Å². The Bertz CT molecular complexity index is 558. The zero-order valence-electron chi connectivity index (χ0n) is 12.6. The molecule has 1 aliphatic rings. The number of carbonyl (C=O) groups is 1. The zero-order chi connectivity index (χ0) is 15.8. The molecule has 0 aliphatic heterocycles. The second kappa shape index (κ2) is 5.50. The summed E-state index contributed by atoms with van der Waals surface area (Å²) in [5.74, 6) is -0.474. The standard InChI is InChI=1S/C16H22ClNO3/c1-15(2)7-11(19)8-16(3,9-15)18-14(21)12-6-10(17)4-5-13(12)20/h4-6,11,19-20H,7-9H2,1-3H3,(H,18,21)/t11-,16-/m0/s1. The van der Waals surface area contributed by atoms with Gasteiger partial charge in [0.2, 0.25) is 0 Å². The van der Waals surface area contributed by atoms with Crippen molar-refractivity contribution in [1.82, 2.24) is 5.32 Å². The van der Waals surface area contributed by atoms with Crippen molar-refractivity contribution in [2.24, 2.45) is 5.41 Å². The molecule has 1 amide bonds. The summed E-state index contributed by atoms with van der Waals surface area (Å²) in [7, 11) is 0. The fourth-order valence-corrected chi connectivity index (χ4v) is 3.73. The molecule has 1 fully saturated rings.